The zero-order chi connectivity index (χ0) is 33.0. The molecule has 5 heteroatoms. The molecule has 0 N–H and O–H groups in total. The molecule has 3 heterocycles. The highest BCUT2D eigenvalue weighted by molar-refractivity contribution is 6.10. The van der Waals surface area contributed by atoms with Gasteiger partial charge in [0.15, 0.2) is 11.6 Å². The van der Waals surface area contributed by atoms with Gasteiger partial charge in [0.25, 0.3) is 0 Å². The second kappa shape index (κ2) is 11.5. The summed E-state index contributed by atoms with van der Waals surface area (Å²) in [6.07, 6.45) is 8.86. The van der Waals surface area contributed by atoms with Crippen molar-refractivity contribution in [3.05, 3.63) is 182 Å². The maximum atomic E-state index is 5.12. The van der Waals surface area contributed by atoms with Gasteiger partial charge >= 0.3 is 0 Å². The fourth-order valence-corrected chi connectivity index (χ4v) is 7.66. The Kier molecular flexibility index (Phi) is 6.56. The number of para-hydroxylation sites is 2. The van der Waals surface area contributed by atoms with E-state index in [9.17, 15) is 0 Å². The molecule has 2 aliphatic rings. The van der Waals surface area contributed by atoms with Crippen LogP contribution in [0.1, 0.15) is 11.5 Å². The van der Waals surface area contributed by atoms with Gasteiger partial charge in [-0.3, -0.25) is 0 Å². The van der Waals surface area contributed by atoms with E-state index in [0.29, 0.717) is 17.6 Å². The van der Waals surface area contributed by atoms with E-state index in [2.05, 4.69) is 149 Å². The third-order valence-electron chi connectivity index (χ3n) is 9.97. The zero-order valence-corrected chi connectivity index (χ0v) is 27.1. The van der Waals surface area contributed by atoms with Crippen LogP contribution in [0.5, 0.6) is 0 Å². The number of hydrogen-bond acceptors (Lipinski definition) is 4. The number of allylic oxidation sites excluding steroid dienone is 2. The molecule has 6 aromatic carbocycles. The van der Waals surface area contributed by atoms with Crippen molar-refractivity contribution in [1.82, 2.24) is 19.5 Å². The van der Waals surface area contributed by atoms with Gasteiger partial charge in [-0.25, -0.2) is 4.98 Å². The molecule has 8 aromatic rings. The molecule has 0 bridgehead atoms. The first kappa shape index (κ1) is 28.4. The SMILES string of the molecule is C1=CC2c3cc(-c4ccc5c(c4)c4ccccc4n5-c4ccccc4)ccc3N(c3nc(-c4ccccc4)nc(-c4ccccc4)n3)C2C=C1. The van der Waals surface area contributed by atoms with Crippen LogP contribution in [-0.4, -0.2) is 25.6 Å². The van der Waals surface area contributed by atoms with Crippen molar-refractivity contribution >= 4 is 33.4 Å². The molecule has 1 aliphatic carbocycles. The predicted molar refractivity (Wildman–Crippen MR) is 204 cm³/mol. The number of aromatic nitrogens is 4. The zero-order valence-electron chi connectivity index (χ0n) is 27.1. The molecule has 5 nitrogen and oxygen atoms in total. The summed E-state index contributed by atoms with van der Waals surface area (Å²) >= 11 is 0. The Balaban J connectivity index is 1.11. The van der Waals surface area contributed by atoms with Gasteiger partial charge in [-0.05, 0) is 59.2 Å². The summed E-state index contributed by atoms with van der Waals surface area (Å²) in [6, 6.07) is 53.4. The number of fused-ring (bicyclic) bond motifs is 6. The molecule has 2 atom stereocenters. The van der Waals surface area contributed by atoms with Gasteiger partial charge in [0.05, 0.1) is 17.1 Å². The van der Waals surface area contributed by atoms with Gasteiger partial charge in [-0.1, -0.05) is 133 Å². The minimum atomic E-state index is 0.0474. The summed E-state index contributed by atoms with van der Waals surface area (Å²) in [4.78, 5) is 17.5. The molecule has 0 saturated carbocycles. The third kappa shape index (κ3) is 4.59. The summed E-state index contributed by atoms with van der Waals surface area (Å²) in [7, 11) is 0. The van der Waals surface area contributed by atoms with Crippen molar-refractivity contribution in [3.8, 4) is 39.6 Å². The van der Waals surface area contributed by atoms with Crippen molar-refractivity contribution in [1.29, 1.82) is 0 Å². The Morgan fingerprint density at radius 2 is 1.06 bits per heavy atom. The molecule has 2 aromatic heterocycles. The maximum Gasteiger partial charge on any atom is 0.234 e. The first-order chi connectivity index (χ1) is 24.8. The lowest BCUT2D eigenvalue weighted by Gasteiger charge is -2.27. The van der Waals surface area contributed by atoms with E-state index >= 15 is 0 Å². The highest BCUT2D eigenvalue weighted by Gasteiger charge is 2.39. The van der Waals surface area contributed by atoms with Crippen molar-refractivity contribution in [2.45, 2.75) is 12.0 Å². The molecule has 0 saturated heterocycles. The molecular formula is C45H31N5. The summed E-state index contributed by atoms with van der Waals surface area (Å²) in [5.74, 6) is 2.13. The maximum absolute atomic E-state index is 5.12. The lowest BCUT2D eigenvalue weighted by atomic mass is 9.89. The van der Waals surface area contributed by atoms with Gasteiger partial charge in [0, 0.05) is 39.2 Å². The normalized spacial score (nSPS) is 16.2. The highest BCUT2D eigenvalue weighted by Crippen LogP contribution is 2.48. The first-order valence-electron chi connectivity index (χ1n) is 17.0. The molecule has 0 fully saturated rings. The van der Waals surface area contributed by atoms with Crippen LogP contribution < -0.4 is 4.90 Å². The minimum Gasteiger partial charge on any atom is -0.309 e. The molecule has 1 aliphatic heterocycles. The Labute approximate surface area is 290 Å². The minimum absolute atomic E-state index is 0.0474. The molecule has 0 radical (unpaired) electrons. The van der Waals surface area contributed by atoms with Gasteiger partial charge < -0.3 is 9.47 Å². The molecule has 10 rings (SSSR count). The Morgan fingerprint density at radius 1 is 0.460 bits per heavy atom. The van der Waals surface area contributed by atoms with E-state index < -0.39 is 0 Å². The Bertz CT molecular complexity index is 2550. The predicted octanol–water partition coefficient (Wildman–Crippen LogP) is 10.7. The molecule has 236 valence electrons. The summed E-state index contributed by atoms with van der Waals surface area (Å²) in [6.45, 7) is 0. The topological polar surface area (TPSA) is 46.8 Å². The first-order valence-corrected chi connectivity index (χ1v) is 17.0. The van der Waals surface area contributed by atoms with E-state index in [1.807, 2.05) is 36.4 Å². The van der Waals surface area contributed by atoms with Crippen LogP contribution in [0.15, 0.2) is 176 Å². The smallest absolute Gasteiger partial charge is 0.234 e. The van der Waals surface area contributed by atoms with Crippen LogP contribution in [0.2, 0.25) is 0 Å². The van der Waals surface area contributed by atoms with Gasteiger partial charge in [-0.2, -0.15) is 9.97 Å². The van der Waals surface area contributed by atoms with E-state index in [1.165, 1.54) is 38.5 Å². The van der Waals surface area contributed by atoms with Crippen molar-refractivity contribution in [2.75, 3.05) is 4.90 Å². The van der Waals surface area contributed by atoms with Crippen LogP contribution in [0.4, 0.5) is 11.6 Å². The average molecular weight is 642 g/mol. The highest BCUT2D eigenvalue weighted by atomic mass is 15.3. The van der Waals surface area contributed by atoms with Crippen LogP contribution in [0.3, 0.4) is 0 Å². The molecule has 0 amide bonds. The van der Waals surface area contributed by atoms with Crippen molar-refractivity contribution in [2.24, 2.45) is 0 Å². The number of anilines is 2. The molecule has 50 heavy (non-hydrogen) atoms. The van der Waals surface area contributed by atoms with Gasteiger partial charge in [0.2, 0.25) is 5.95 Å². The quantitative estimate of drug-likeness (QED) is 0.188. The second-order valence-electron chi connectivity index (χ2n) is 12.9. The van der Waals surface area contributed by atoms with E-state index in [1.54, 1.807) is 0 Å². The van der Waals surface area contributed by atoms with Crippen LogP contribution >= 0.6 is 0 Å². The largest absolute Gasteiger partial charge is 0.309 e. The number of rotatable bonds is 5. The fraction of sp³-hybridized carbons (Fsp3) is 0.0444. The number of nitrogens with zero attached hydrogens (tertiary/aromatic N) is 5. The average Bonchev–Trinajstić information content (AvgIpc) is 3.71. The van der Waals surface area contributed by atoms with Crippen LogP contribution in [0, 0.1) is 0 Å². The standard InChI is InChI=1S/C45H31N5/c1-4-14-30(15-5-1)43-46-44(31-16-6-2-7-17-31)48-45(47-43)50-40-23-13-11-21-36(40)38-29-33(25-27-42(38)50)32-24-26-41-37(28-32)35-20-10-12-22-39(35)49(41)34-18-8-3-9-19-34/h1-29,36,40H. The van der Waals surface area contributed by atoms with E-state index in [-0.39, 0.29) is 12.0 Å². The lowest BCUT2D eigenvalue weighted by Crippen LogP contribution is -2.30. The Morgan fingerprint density at radius 3 is 1.80 bits per heavy atom. The van der Waals surface area contributed by atoms with E-state index in [4.69, 9.17) is 15.0 Å². The second-order valence-corrected chi connectivity index (χ2v) is 12.9. The number of benzene rings is 6. The Hall–Kier alpha value is -6.59. The van der Waals surface area contributed by atoms with Gasteiger partial charge in [0.1, 0.15) is 0 Å². The van der Waals surface area contributed by atoms with Gasteiger partial charge in [-0.15, -0.1) is 0 Å². The molecular weight excluding hydrogens is 611 g/mol. The molecule has 2 unspecified atom stereocenters. The summed E-state index contributed by atoms with van der Waals surface area (Å²) in [5, 5.41) is 2.49. The van der Waals surface area contributed by atoms with Crippen molar-refractivity contribution < 1.29 is 0 Å². The summed E-state index contributed by atoms with van der Waals surface area (Å²) < 4.78 is 2.36. The van der Waals surface area contributed by atoms with Crippen molar-refractivity contribution in [3.63, 3.8) is 0 Å². The van der Waals surface area contributed by atoms with Crippen LogP contribution in [0.25, 0.3) is 61.4 Å². The molecule has 0 spiro atoms. The summed E-state index contributed by atoms with van der Waals surface area (Å²) in [5.41, 5.74) is 10.3. The lowest BCUT2D eigenvalue weighted by molar-refractivity contribution is 0.728. The third-order valence-corrected chi connectivity index (χ3v) is 9.97. The fourth-order valence-electron chi connectivity index (χ4n) is 7.66. The van der Waals surface area contributed by atoms with Crippen LogP contribution in [-0.2, 0) is 0 Å². The number of hydrogen-bond donors (Lipinski definition) is 0. The monoisotopic (exact) mass is 641 g/mol. The van der Waals surface area contributed by atoms with E-state index in [0.717, 1.165) is 22.5 Å².